The summed E-state index contributed by atoms with van der Waals surface area (Å²) in [4.78, 5) is 20.2. The van der Waals surface area contributed by atoms with Gasteiger partial charge in [0.25, 0.3) is 0 Å². The molecule has 0 unspecified atom stereocenters. The molecule has 0 aliphatic carbocycles. The van der Waals surface area contributed by atoms with Crippen molar-refractivity contribution in [2.45, 2.75) is 0 Å². The molecule has 135 heavy (non-hydrogen) atoms. The Labute approximate surface area is 783 Å². The van der Waals surface area contributed by atoms with E-state index in [9.17, 15) is 0 Å². The van der Waals surface area contributed by atoms with Crippen LogP contribution in [0.5, 0.6) is 0 Å². The Morgan fingerprint density at radius 2 is 0.659 bits per heavy atom. The van der Waals surface area contributed by atoms with Gasteiger partial charge in [0, 0.05) is 198 Å². The van der Waals surface area contributed by atoms with Crippen LogP contribution in [0, 0.1) is 0 Å². The lowest BCUT2D eigenvalue weighted by Gasteiger charge is -2.12. The number of hydrogen-bond acceptors (Lipinski definition) is 5. The summed E-state index contributed by atoms with van der Waals surface area (Å²) in [6.45, 7) is 0. The van der Waals surface area contributed by atoms with Crippen LogP contribution in [0.15, 0.2) is 431 Å². The van der Waals surface area contributed by atoms with E-state index in [4.69, 9.17) is 4.98 Å². The summed E-state index contributed by atoms with van der Waals surface area (Å²) in [5.41, 5.74) is 28.6. The predicted molar refractivity (Wildman–Crippen MR) is 579 cm³/mol. The lowest BCUT2D eigenvalue weighted by molar-refractivity contribution is 1.18. The van der Waals surface area contributed by atoms with Gasteiger partial charge in [-0.05, 0) is 207 Å². The molecule has 31 aromatic rings. The molecule has 31 rings (SSSR count). The number of pyridine rings is 2. The smallest absolute Gasteiger partial charge is 0.138 e. The van der Waals surface area contributed by atoms with Gasteiger partial charge in [-0.3, -0.25) is 4.98 Å². The minimum atomic E-state index is 0.938. The van der Waals surface area contributed by atoms with Gasteiger partial charge < -0.3 is 28.7 Å². The molecule has 11 heterocycles. The number of para-hydroxylation sites is 4. The van der Waals surface area contributed by atoms with E-state index in [1.54, 1.807) is 0 Å². The Hall–Kier alpha value is -17.1. The maximum atomic E-state index is 4.75. The van der Waals surface area contributed by atoms with Gasteiger partial charge in [-0.15, -0.1) is 34.0 Å². The summed E-state index contributed by atoms with van der Waals surface area (Å²) in [6.07, 6.45) is 3.84. The number of thiophene rings is 3. The molecule has 0 fully saturated rings. The number of aromatic amines is 3. The van der Waals surface area contributed by atoms with Gasteiger partial charge in [0.1, 0.15) is 5.65 Å². The number of aromatic nitrogens is 8. The molecule has 11 heteroatoms. The Balaban J connectivity index is 0.0000000988. The molecule has 0 radical (unpaired) electrons. The number of rotatable bonds is 7. The average molecular weight is 1770 g/mol. The first-order valence-electron chi connectivity index (χ1n) is 45.9. The first kappa shape index (κ1) is 75.7. The van der Waals surface area contributed by atoms with Crippen LogP contribution >= 0.6 is 34.0 Å². The van der Waals surface area contributed by atoms with Crippen molar-refractivity contribution in [3.8, 4) is 61.6 Å². The van der Waals surface area contributed by atoms with E-state index in [2.05, 4.69) is 440 Å². The van der Waals surface area contributed by atoms with Crippen LogP contribution in [0.3, 0.4) is 0 Å². The monoisotopic (exact) mass is 1770 g/mol. The number of benzene rings is 20. The minimum Gasteiger partial charge on any atom is -0.354 e. The Bertz CT molecular complexity index is 10400. The maximum Gasteiger partial charge on any atom is 0.138 e. The van der Waals surface area contributed by atoms with Crippen LogP contribution in [0.25, 0.3) is 286 Å². The Morgan fingerprint density at radius 1 is 0.200 bits per heavy atom. The second-order valence-corrected chi connectivity index (χ2v) is 38.9. The molecule has 8 nitrogen and oxygen atoms in total. The van der Waals surface area contributed by atoms with Gasteiger partial charge in [-0.2, -0.15) is 0 Å². The van der Waals surface area contributed by atoms with E-state index in [0.29, 0.717) is 0 Å². The van der Waals surface area contributed by atoms with E-state index < -0.39 is 0 Å². The average Bonchev–Trinajstić information content (AvgIpc) is 1.55. The van der Waals surface area contributed by atoms with E-state index >= 15 is 0 Å². The molecule has 3 N–H and O–H groups in total. The quantitative estimate of drug-likeness (QED) is 0.139. The molecule has 0 saturated carbocycles. The van der Waals surface area contributed by atoms with E-state index in [0.717, 1.165) is 27.8 Å². The Kier molecular flexibility index (Phi) is 16.7. The van der Waals surface area contributed by atoms with Crippen LogP contribution < -0.4 is 0 Å². The lowest BCUT2D eigenvalue weighted by atomic mass is 9.94. The van der Waals surface area contributed by atoms with Crippen molar-refractivity contribution in [1.29, 1.82) is 0 Å². The van der Waals surface area contributed by atoms with Gasteiger partial charge in [-0.25, -0.2) is 4.98 Å². The van der Waals surface area contributed by atoms with Crippen molar-refractivity contribution >= 4 is 258 Å². The number of fused-ring (bicyclic) bond motifs is 31. The van der Waals surface area contributed by atoms with Crippen LogP contribution in [-0.2, 0) is 0 Å². The third kappa shape index (κ3) is 11.9. The molecule has 0 amide bonds. The summed E-state index contributed by atoms with van der Waals surface area (Å²) in [5, 5.41) is 29.0. The highest BCUT2D eigenvalue weighted by Crippen LogP contribution is 2.52. The highest BCUT2D eigenvalue weighted by molar-refractivity contribution is 7.27. The molecule has 0 aliphatic heterocycles. The van der Waals surface area contributed by atoms with Crippen LogP contribution in [0.2, 0.25) is 0 Å². The summed E-state index contributed by atoms with van der Waals surface area (Å²) in [6, 6.07) is 153. The third-order valence-corrected chi connectivity index (χ3v) is 31.5. The second-order valence-electron chi connectivity index (χ2n) is 35.7. The molecule has 0 bridgehead atoms. The number of nitrogens with one attached hydrogen (secondary N) is 3. The lowest BCUT2D eigenvalue weighted by Crippen LogP contribution is -1.95. The SMILES string of the molecule is c1ccc(-c2ccc3[nH]c4cc5sc6cc7c(cc6c5cc4c3c2)c2cc(-c3ccccc3)ccc2n7-c2cccc3ccccc23)cc1.c1ccc(-c2cccc(-n3c4ccccc4c4c(-c5ccccc5)c5c(cc43)sc3cc4[nH]c6ccccc6c4cc35)c2)cc1.c1ccc2c(c1)ncc1cc(-n3c4ccccc4c4cc5c(cc43)sc3cc4[nH]c6ncccc6c4cc35)ccc12. The molecule has 11 aromatic heterocycles. The zero-order chi connectivity index (χ0) is 88.2. The van der Waals surface area contributed by atoms with Crippen LogP contribution in [0.4, 0.5) is 0 Å². The Morgan fingerprint density at radius 3 is 1.38 bits per heavy atom. The maximum absolute atomic E-state index is 4.75. The van der Waals surface area contributed by atoms with Crippen molar-refractivity contribution in [2.24, 2.45) is 0 Å². The molecule has 0 saturated heterocycles. The van der Waals surface area contributed by atoms with Crippen LogP contribution in [-0.4, -0.2) is 38.6 Å². The second kappa shape index (κ2) is 29.7. The molecule has 628 valence electrons. The minimum absolute atomic E-state index is 0.938. The van der Waals surface area contributed by atoms with E-state index in [1.165, 1.54) is 258 Å². The van der Waals surface area contributed by atoms with E-state index in [-0.39, 0.29) is 0 Å². The first-order chi connectivity index (χ1) is 66.9. The fourth-order valence-electron chi connectivity index (χ4n) is 22.1. The van der Waals surface area contributed by atoms with Gasteiger partial charge in [-0.1, -0.05) is 261 Å². The highest BCUT2D eigenvalue weighted by Gasteiger charge is 2.26. The van der Waals surface area contributed by atoms with Crippen molar-refractivity contribution in [2.75, 3.05) is 0 Å². The summed E-state index contributed by atoms with van der Waals surface area (Å²) in [5.74, 6) is 0. The molecular formula is C124H74N8S3. The molecular weight excluding hydrogens is 1700 g/mol. The third-order valence-electron chi connectivity index (χ3n) is 28.2. The zero-order valence-electron chi connectivity index (χ0n) is 72.5. The fourth-order valence-corrected chi connectivity index (χ4v) is 25.5. The molecule has 0 spiro atoms. The van der Waals surface area contributed by atoms with Crippen molar-refractivity contribution in [3.63, 3.8) is 0 Å². The zero-order valence-corrected chi connectivity index (χ0v) is 74.9. The van der Waals surface area contributed by atoms with Gasteiger partial charge in [0.05, 0.1) is 44.3 Å². The summed E-state index contributed by atoms with van der Waals surface area (Å²) < 4.78 is 15.1. The van der Waals surface area contributed by atoms with Gasteiger partial charge in [0.15, 0.2) is 0 Å². The molecule has 20 aromatic carbocycles. The first-order valence-corrected chi connectivity index (χ1v) is 48.3. The number of hydrogen-bond donors (Lipinski definition) is 3. The largest absolute Gasteiger partial charge is 0.354 e. The van der Waals surface area contributed by atoms with Crippen molar-refractivity contribution in [1.82, 2.24) is 38.6 Å². The summed E-state index contributed by atoms with van der Waals surface area (Å²) in [7, 11) is 0. The standard InChI is InChI=1S/C46H28N2S.C42H26N2S.C36H20N4S/c1-3-10-28(11-4-1)31-18-20-40-34(22-31)35-24-38-39-25-37-36-23-32(29-12-5-2-6-13-29)19-21-43(36)48(42-17-9-15-30-14-7-8-16-33(30)42)44(37)27-46(39)49-45(38)26-41(35)47-40;1-3-12-26(13-4-1)28-16-11-17-29(22-28)44-36-21-10-8-19-31(36)41-37(44)25-39-42(40(41)27-14-5-2-6-15-27)33-23-32-30-18-7-9-20-34(30)43-35(32)24-38(33)45-39;1-3-9-30-23(6-1)22-12-11-21(14-20(22)19-38-30)40-32-10-4-2-7-24(32)27-16-29-28-15-26-25-8-5-13-37-36(25)39-31(26)17-34(28)41-35(29)18-33(27)40/h1-27,47H;1-25,43H;1-19H,(H,37,39). The summed E-state index contributed by atoms with van der Waals surface area (Å²) >= 11 is 5.63. The van der Waals surface area contributed by atoms with Gasteiger partial charge in [0.2, 0.25) is 0 Å². The number of nitrogens with zero attached hydrogens (tertiary/aromatic N) is 5. The van der Waals surface area contributed by atoms with E-state index in [1.807, 2.05) is 58.5 Å². The molecule has 0 aliphatic rings. The topological polar surface area (TPSA) is 87.9 Å². The van der Waals surface area contributed by atoms with Crippen LogP contribution in [0.1, 0.15) is 0 Å². The molecule has 0 atom stereocenters. The highest BCUT2D eigenvalue weighted by atomic mass is 32.1. The predicted octanol–water partition coefficient (Wildman–Crippen LogP) is 35.3. The normalized spacial score (nSPS) is 12.1. The van der Waals surface area contributed by atoms with Crippen molar-refractivity contribution in [3.05, 3.63) is 431 Å². The van der Waals surface area contributed by atoms with Gasteiger partial charge >= 0.3 is 0 Å². The van der Waals surface area contributed by atoms with Crippen molar-refractivity contribution < 1.29 is 0 Å². The fraction of sp³-hybridized carbons (Fsp3) is 0. The number of H-pyrrole nitrogens is 3.